The van der Waals surface area contributed by atoms with Crippen molar-refractivity contribution in [2.24, 2.45) is 5.73 Å². The van der Waals surface area contributed by atoms with Crippen molar-refractivity contribution in [2.75, 3.05) is 5.32 Å². The molecule has 3 N–H and O–H groups in total. The summed E-state index contributed by atoms with van der Waals surface area (Å²) in [7, 11) is 0. The van der Waals surface area contributed by atoms with Crippen LogP contribution in [-0.2, 0) is 0 Å². The van der Waals surface area contributed by atoms with Crippen molar-refractivity contribution in [3.63, 3.8) is 0 Å². The zero-order chi connectivity index (χ0) is 12.5. The van der Waals surface area contributed by atoms with Gasteiger partial charge < -0.3 is 15.5 Å². The highest BCUT2D eigenvalue weighted by Gasteiger charge is 2.19. The first-order chi connectivity index (χ1) is 8.70. The molecule has 96 valence electrons. The Morgan fingerprint density at radius 2 is 2.28 bits per heavy atom. The van der Waals surface area contributed by atoms with Gasteiger partial charge in [0.1, 0.15) is 5.52 Å². The number of rotatable bonds is 2. The van der Waals surface area contributed by atoms with Crippen molar-refractivity contribution in [3.05, 3.63) is 24.1 Å². The number of nitrogens with zero attached hydrogens (tertiary/aromatic N) is 1. The molecule has 4 heteroatoms. The van der Waals surface area contributed by atoms with E-state index in [9.17, 15) is 0 Å². The summed E-state index contributed by atoms with van der Waals surface area (Å²) in [5.41, 5.74) is 8.87. The van der Waals surface area contributed by atoms with Crippen LogP contribution in [0.4, 0.5) is 5.69 Å². The van der Waals surface area contributed by atoms with Gasteiger partial charge in [-0.2, -0.15) is 0 Å². The number of hydrogen-bond acceptors (Lipinski definition) is 4. The Morgan fingerprint density at radius 3 is 3.11 bits per heavy atom. The van der Waals surface area contributed by atoms with Crippen molar-refractivity contribution in [1.29, 1.82) is 0 Å². The topological polar surface area (TPSA) is 64.1 Å². The van der Waals surface area contributed by atoms with E-state index in [0.29, 0.717) is 18.0 Å². The number of oxazole rings is 1. The molecule has 2 atom stereocenters. The van der Waals surface area contributed by atoms with E-state index in [1.54, 1.807) is 0 Å². The van der Waals surface area contributed by atoms with E-state index >= 15 is 0 Å². The number of anilines is 1. The van der Waals surface area contributed by atoms with Gasteiger partial charge in [-0.25, -0.2) is 4.98 Å². The molecule has 1 saturated carbocycles. The number of fused-ring (bicyclic) bond motifs is 1. The van der Waals surface area contributed by atoms with Gasteiger partial charge in [0.2, 0.25) is 0 Å². The second-order valence-electron chi connectivity index (χ2n) is 5.18. The monoisotopic (exact) mass is 245 g/mol. The molecule has 1 aliphatic rings. The third kappa shape index (κ3) is 2.34. The summed E-state index contributed by atoms with van der Waals surface area (Å²) >= 11 is 0. The van der Waals surface area contributed by atoms with Crippen molar-refractivity contribution in [2.45, 2.75) is 44.7 Å². The molecule has 1 fully saturated rings. The normalized spacial score (nSPS) is 24.3. The number of aromatic nitrogens is 1. The molecule has 4 nitrogen and oxygen atoms in total. The second kappa shape index (κ2) is 4.61. The van der Waals surface area contributed by atoms with E-state index in [1.807, 2.05) is 25.1 Å². The van der Waals surface area contributed by atoms with Crippen LogP contribution < -0.4 is 11.1 Å². The van der Waals surface area contributed by atoms with Crippen molar-refractivity contribution in [1.82, 2.24) is 4.98 Å². The Morgan fingerprint density at radius 1 is 1.39 bits per heavy atom. The molecule has 1 aliphatic carbocycles. The third-order valence-corrected chi connectivity index (χ3v) is 3.58. The minimum absolute atomic E-state index is 0.342. The Labute approximate surface area is 107 Å². The summed E-state index contributed by atoms with van der Waals surface area (Å²) in [6, 6.07) is 6.90. The van der Waals surface area contributed by atoms with E-state index in [1.165, 1.54) is 12.8 Å². The zero-order valence-corrected chi connectivity index (χ0v) is 10.6. The van der Waals surface area contributed by atoms with E-state index in [0.717, 1.165) is 29.6 Å². The van der Waals surface area contributed by atoms with Crippen LogP contribution in [0, 0.1) is 6.92 Å². The van der Waals surface area contributed by atoms with Gasteiger partial charge in [-0.1, -0.05) is 0 Å². The fourth-order valence-electron chi connectivity index (χ4n) is 2.73. The van der Waals surface area contributed by atoms with Crippen LogP contribution in [0.15, 0.2) is 22.6 Å². The quantitative estimate of drug-likeness (QED) is 0.854. The highest BCUT2D eigenvalue weighted by Crippen LogP contribution is 2.24. The second-order valence-corrected chi connectivity index (χ2v) is 5.18. The predicted octanol–water partition coefficient (Wildman–Crippen LogP) is 2.82. The molecule has 1 aromatic carbocycles. The Bertz CT molecular complexity index is 549. The Kier molecular flexibility index (Phi) is 2.96. The third-order valence-electron chi connectivity index (χ3n) is 3.58. The first kappa shape index (κ1) is 11.5. The van der Waals surface area contributed by atoms with E-state index in [2.05, 4.69) is 10.3 Å². The van der Waals surface area contributed by atoms with Crippen LogP contribution in [0.1, 0.15) is 31.6 Å². The number of benzene rings is 1. The molecule has 1 heterocycles. The fourth-order valence-corrected chi connectivity index (χ4v) is 2.73. The molecule has 0 radical (unpaired) electrons. The maximum atomic E-state index is 6.01. The molecular formula is C14H19N3O. The summed E-state index contributed by atoms with van der Waals surface area (Å²) in [5.74, 6) is 0.710. The first-order valence-corrected chi connectivity index (χ1v) is 6.60. The molecule has 0 aliphatic heterocycles. The van der Waals surface area contributed by atoms with Gasteiger partial charge in [0.25, 0.3) is 0 Å². The summed E-state index contributed by atoms with van der Waals surface area (Å²) in [5, 5.41) is 3.55. The summed E-state index contributed by atoms with van der Waals surface area (Å²) in [6.07, 6.45) is 4.61. The maximum absolute atomic E-state index is 6.01. The molecule has 1 aromatic heterocycles. The molecule has 18 heavy (non-hydrogen) atoms. The van der Waals surface area contributed by atoms with Gasteiger partial charge in [0.15, 0.2) is 11.5 Å². The summed E-state index contributed by atoms with van der Waals surface area (Å²) in [6.45, 7) is 1.87. The molecule has 0 spiro atoms. The van der Waals surface area contributed by atoms with Gasteiger partial charge in [0, 0.05) is 24.7 Å². The van der Waals surface area contributed by atoms with E-state index < -0.39 is 0 Å². The van der Waals surface area contributed by atoms with Crippen LogP contribution >= 0.6 is 0 Å². The van der Waals surface area contributed by atoms with Crippen LogP contribution in [-0.4, -0.2) is 17.1 Å². The highest BCUT2D eigenvalue weighted by atomic mass is 16.3. The molecule has 0 amide bonds. The van der Waals surface area contributed by atoms with Gasteiger partial charge in [-0.05, 0) is 43.9 Å². The van der Waals surface area contributed by atoms with Gasteiger partial charge in [0.05, 0.1) is 0 Å². The van der Waals surface area contributed by atoms with Crippen molar-refractivity contribution >= 4 is 16.8 Å². The van der Waals surface area contributed by atoms with Crippen LogP contribution in [0.3, 0.4) is 0 Å². The summed E-state index contributed by atoms with van der Waals surface area (Å²) in [4.78, 5) is 4.35. The Balaban J connectivity index is 1.77. The molecule has 3 rings (SSSR count). The smallest absolute Gasteiger partial charge is 0.192 e. The van der Waals surface area contributed by atoms with Gasteiger partial charge in [-0.15, -0.1) is 0 Å². The van der Waals surface area contributed by atoms with E-state index in [4.69, 9.17) is 10.2 Å². The lowest BCUT2D eigenvalue weighted by atomic mass is 9.91. The van der Waals surface area contributed by atoms with Crippen LogP contribution in [0.25, 0.3) is 11.1 Å². The lowest BCUT2D eigenvalue weighted by molar-refractivity contribution is 0.409. The minimum atomic E-state index is 0.342. The zero-order valence-electron chi connectivity index (χ0n) is 10.6. The first-order valence-electron chi connectivity index (χ1n) is 6.60. The van der Waals surface area contributed by atoms with Gasteiger partial charge in [-0.3, -0.25) is 0 Å². The lowest BCUT2D eigenvalue weighted by Gasteiger charge is -2.28. The minimum Gasteiger partial charge on any atom is -0.441 e. The highest BCUT2D eigenvalue weighted by molar-refractivity contribution is 5.77. The average Bonchev–Trinajstić information content (AvgIpc) is 2.68. The van der Waals surface area contributed by atoms with Gasteiger partial charge >= 0.3 is 0 Å². The molecule has 0 bridgehead atoms. The predicted molar refractivity (Wildman–Crippen MR) is 72.6 cm³/mol. The average molecular weight is 245 g/mol. The molecule has 2 unspecified atom stereocenters. The van der Waals surface area contributed by atoms with E-state index in [-0.39, 0.29) is 0 Å². The SMILES string of the molecule is Cc1nc2cc(NC3CCCC(N)C3)ccc2o1. The largest absolute Gasteiger partial charge is 0.441 e. The van der Waals surface area contributed by atoms with Crippen LogP contribution in [0.2, 0.25) is 0 Å². The van der Waals surface area contributed by atoms with Crippen molar-refractivity contribution in [3.8, 4) is 0 Å². The maximum Gasteiger partial charge on any atom is 0.192 e. The standard InChI is InChI=1S/C14H19N3O/c1-9-16-13-8-12(5-6-14(13)18-9)17-11-4-2-3-10(15)7-11/h5-6,8,10-11,17H,2-4,7,15H2,1H3. The van der Waals surface area contributed by atoms with Crippen molar-refractivity contribution < 1.29 is 4.42 Å². The number of aryl methyl sites for hydroxylation is 1. The number of nitrogens with one attached hydrogen (secondary N) is 1. The fraction of sp³-hybridized carbons (Fsp3) is 0.500. The number of hydrogen-bond donors (Lipinski definition) is 2. The lowest BCUT2D eigenvalue weighted by Crippen LogP contribution is -2.34. The van der Waals surface area contributed by atoms with Crippen LogP contribution in [0.5, 0.6) is 0 Å². The molecule has 2 aromatic rings. The molecule has 0 saturated heterocycles. The number of nitrogens with two attached hydrogens (primary N) is 1. The summed E-state index contributed by atoms with van der Waals surface area (Å²) < 4.78 is 5.47. The Hall–Kier alpha value is -1.55. The molecular weight excluding hydrogens is 226 g/mol.